The fourth-order valence-electron chi connectivity index (χ4n) is 5.63. The van der Waals surface area contributed by atoms with Gasteiger partial charge in [-0.1, -0.05) is 27.2 Å². The summed E-state index contributed by atoms with van der Waals surface area (Å²) in [5.74, 6) is 2.48. The molecule has 2 heterocycles. The van der Waals surface area contributed by atoms with Gasteiger partial charge in [0.25, 0.3) is 0 Å². The number of ether oxygens (including phenoxy) is 3. The zero-order valence-corrected chi connectivity index (χ0v) is 26.0. The number of benzene rings is 3. The van der Waals surface area contributed by atoms with Crippen LogP contribution in [-0.4, -0.2) is 51.1 Å². The number of nitrogens with zero attached hydrogens (tertiary/aromatic N) is 1. The van der Waals surface area contributed by atoms with Gasteiger partial charge in [0.1, 0.15) is 23.9 Å². The molecule has 1 fully saturated rings. The first-order valence-corrected chi connectivity index (χ1v) is 15.3. The van der Waals surface area contributed by atoms with Gasteiger partial charge in [0, 0.05) is 38.2 Å². The summed E-state index contributed by atoms with van der Waals surface area (Å²) in [6.07, 6.45) is 3.87. The van der Waals surface area contributed by atoms with E-state index in [0.29, 0.717) is 12.2 Å². The number of aryl methyl sites for hydroxylation is 1. The van der Waals surface area contributed by atoms with Crippen LogP contribution in [0.15, 0.2) is 54.6 Å². The first kappa shape index (κ1) is 29.2. The second kappa shape index (κ2) is 12.3. The SMILES string of the molecule is COc1ccc(-c2sc3cc(OC)ccc3c2C(=O)c2cc(C)c(OCCN3CCCCC3)c(C(C)(C)C)c2)cc1. The van der Waals surface area contributed by atoms with Crippen LogP contribution in [0.2, 0.25) is 0 Å². The molecule has 1 aromatic heterocycles. The van der Waals surface area contributed by atoms with Crippen molar-refractivity contribution in [1.29, 1.82) is 0 Å². The minimum absolute atomic E-state index is 0.0145. The van der Waals surface area contributed by atoms with Crippen LogP contribution < -0.4 is 14.2 Å². The maximum Gasteiger partial charge on any atom is 0.195 e. The number of hydrogen-bond donors (Lipinski definition) is 0. The normalized spacial score (nSPS) is 14.3. The van der Waals surface area contributed by atoms with Gasteiger partial charge in [-0.05, 0) is 104 Å². The Bertz CT molecular complexity index is 1520. The Kier molecular flexibility index (Phi) is 8.71. The number of piperidine rings is 1. The lowest BCUT2D eigenvalue weighted by Gasteiger charge is -2.28. The summed E-state index contributed by atoms with van der Waals surface area (Å²) < 4.78 is 18.3. The topological polar surface area (TPSA) is 48.0 Å². The molecule has 0 spiro atoms. The number of thiophene rings is 1. The Morgan fingerprint density at radius 1 is 0.902 bits per heavy atom. The summed E-state index contributed by atoms with van der Waals surface area (Å²) in [6, 6.07) is 17.9. The molecule has 0 N–H and O–H groups in total. The molecule has 0 saturated carbocycles. The van der Waals surface area contributed by atoms with E-state index in [0.717, 1.165) is 74.1 Å². The molecule has 1 aliphatic heterocycles. The third-order valence-corrected chi connectivity index (χ3v) is 9.13. The molecule has 0 bridgehead atoms. The smallest absolute Gasteiger partial charge is 0.195 e. The monoisotopic (exact) mass is 571 g/mol. The fourth-order valence-corrected chi connectivity index (χ4v) is 6.87. The Balaban J connectivity index is 1.55. The summed E-state index contributed by atoms with van der Waals surface area (Å²) in [5, 5.41) is 0.934. The minimum Gasteiger partial charge on any atom is -0.497 e. The van der Waals surface area contributed by atoms with E-state index in [1.54, 1.807) is 25.6 Å². The Hall–Kier alpha value is -3.35. The average molecular weight is 572 g/mol. The molecule has 0 unspecified atom stereocenters. The van der Waals surface area contributed by atoms with Gasteiger partial charge in [0.15, 0.2) is 5.78 Å². The Morgan fingerprint density at radius 2 is 1.59 bits per heavy atom. The van der Waals surface area contributed by atoms with Crippen LogP contribution in [0.5, 0.6) is 17.2 Å². The van der Waals surface area contributed by atoms with E-state index >= 15 is 0 Å². The van der Waals surface area contributed by atoms with Crippen LogP contribution in [0, 0.1) is 6.92 Å². The van der Waals surface area contributed by atoms with Crippen LogP contribution in [0.1, 0.15) is 67.1 Å². The van der Waals surface area contributed by atoms with Gasteiger partial charge in [0.2, 0.25) is 0 Å². The van der Waals surface area contributed by atoms with Gasteiger partial charge in [-0.3, -0.25) is 9.69 Å². The van der Waals surface area contributed by atoms with Crippen LogP contribution in [0.4, 0.5) is 0 Å². The van der Waals surface area contributed by atoms with E-state index in [1.807, 2.05) is 48.5 Å². The van der Waals surface area contributed by atoms with Crippen molar-refractivity contribution in [3.8, 4) is 27.7 Å². The number of methoxy groups -OCH3 is 2. The molecule has 1 saturated heterocycles. The van der Waals surface area contributed by atoms with E-state index in [-0.39, 0.29) is 11.2 Å². The molecule has 0 aliphatic carbocycles. The van der Waals surface area contributed by atoms with Crippen molar-refractivity contribution >= 4 is 27.2 Å². The zero-order valence-electron chi connectivity index (χ0n) is 25.1. The number of fused-ring (bicyclic) bond motifs is 1. The van der Waals surface area contributed by atoms with Crippen LogP contribution >= 0.6 is 11.3 Å². The Morgan fingerprint density at radius 3 is 2.24 bits per heavy atom. The minimum atomic E-state index is -0.190. The molecule has 41 heavy (non-hydrogen) atoms. The predicted octanol–water partition coefficient (Wildman–Crippen LogP) is 8.29. The fraction of sp³-hybridized carbons (Fsp3) is 0.400. The quantitative estimate of drug-likeness (QED) is 0.189. The molecule has 0 amide bonds. The lowest BCUT2D eigenvalue weighted by Crippen LogP contribution is -2.33. The largest absolute Gasteiger partial charge is 0.497 e. The van der Waals surface area contributed by atoms with Crippen molar-refractivity contribution in [3.63, 3.8) is 0 Å². The highest BCUT2D eigenvalue weighted by Crippen LogP contribution is 2.43. The zero-order chi connectivity index (χ0) is 29.1. The van der Waals surface area contributed by atoms with Crippen molar-refractivity contribution in [2.24, 2.45) is 0 Å². The molecule has 3 aromatic carbocycles. The van der Waals surface area contributed by atoms with Crippen molar-refractivity contribution in [2.75, 3.05) is 40.5 Å². The highest BCUT2D eigenvalue weighted by molar-refractivity contribution is 7.22. The molecule has 0 atom stereocenters. The number of likely N-dealkylation sites (tertiary alicyclic amines) is 1. The average Bonchev–Trinajstić information content (AvgIpc) is 3.36. The molecule has 5 rings (SSSR count). The maximum absolute atomic E-state index is 14.5. The van der Waals surface area contributed by atoms with Crippen molar-refractivity contribution in [1.82, 2.24) is 4.90 Å². The number of rotatable bonds is 9. The van der Waals surface area contributed by atoms with E-state index in [1.165, 1.54) is 19.3 Å². The van der Waals surface area contributed by atoms with Crippen LogP contribution in [0.3, 0.4) is 0 Å². The second-order valence-electron chi connectivity index (χ2n) is 11.9. The van der Waals surface area contributed by atoms with E-state index in [9.17, 15) is 4.79 Å². The van der Waals surface area contributed by atoms with Gasteiger partial charge < -0.3 is 14.2 Å². The van der Waals surface area contributed by atoms with E-state index in [4.69, 9.17) is 14.2 Å². The van der Waals surface area contributed by atoms with Gasteiger partial charge in [-0.25, -0.2) is 0 Å². The molecule has 5 nitrogen and oxygen atoms in total. The summed E-state index contributed by atoms with van der Waals surface area (Å²) >= 11 is 1.61. The van der Waals surface area contributed by atoms with E-state index in [2.05, 4.69) is 38.7 Å². The van der Waals surface area contributed by atoms with Crippen LogP contribution in [-0.2, 0) is 5.41 Å². The highest BCUT2D eigenvalue weighted by atomic mass is 32.1. The van der Waals surface area contributed by atoms with E-state index < -0.39 is 0 Å². The maximum atomic E-state index is 14.5. The molecule has 0 radical (unpaired) electrons. The van der Waals surface area contributed by atoms with Crippen molar-refractivity contribution in [2.45, 2.75) is 52.4 Å². The summed E-state index contributed by atoms with van der Waals surface area (Å²) in [4.78, 5) is 17.9. The molecule has 1 aliphatic rings. The molecule has 216 valence electrons. The standard InChI is InChI=1S/C35H41NO4S/c1-23-20-25(21-29(35(2,3)4)33(23)40-19-18-36-16-8-7-9-17-36)32(37)31-28-15-14-27(39-6)22-30(28)41-34(31)24-10-12-26(38-5)13-11-24/h10-15,20-22H,7-9,16-19H2,1-6H3. The predicted molar refractivity (Wildman–Crippen MR) is 169 cm³/mol. The number of carbonyl (C=O) groups is 1. The number of hydrogen-bond acceptors (Lipinski definition) is 6. The summed E-state index contributed by atoms with van der Waals surface area (Å²) in [6.45, 7) is 12.5. The summed E-state index contributed by atoms with van der Waals surface area (Å²) in [5.41, 5.74) is 4.25. The first-order chi connectivity index (χ1) is 19.7. The molecule has 4 aromatic rings. The first-order valence-electron chi connectivity index (χ1n) is 14.5. The summed E-state index contributed by atoms with van der Waals surface area (Å²) in [7, 11) is 3.32. The van der Waals surface area contributed by atoms with Gasteiger partial charge >= 0.3 is 0 Å². The molecule has 6 heteroatoms. The lowest BCUT2D eigenvalue weighted by atomic mass is 9.83. The lowest BCUT2D eigenvalue weighted by molar-refractivity contribution is 0.104. The van der Waals surface area contributed by atoms with Crippen molar-refractivity contribution in [3.05, 3.63) is 76.9 Å². The number of ketones is 1. The third kappa shape index (κ3) is 6.29. The van der Waals surface area contributed by atoms with Gasteiger partial charge in [0.05, 0.1) is 14.2 Å². The van der Waals surface area contributed by atoms with Crippen molar-refractivity contribution < 1.29 is 19.0 Å². The third-order valence-electron chi connectivity index (χ3n) is 7.92. The molecular weight excluding hydrogens is 530 g/mol. The van der Waals surface area contributed by atoms with Gasteiger partial charge in [-0.15, -0.1) is 11.3 Å². The second-order valence-corrected chi connectivity index (χ2v) is 12.9. The van der Waals surface area contributed by atoms with Crippen LogP contribution in [0.25, 0.3) is 20.5 Å². The van der Waals surface area contributed by atoms with Gasteiger partial charge in [-0.2, -0.15) is 0 Å². The molecular formula is C35H41NO4S. The highest BCUT2D eigenvalue weighted by Gasteiger charge is 2.27. The number of carbonyl (C=O) groups excluding carboxylic acids is 1. The Labute approximate surface area is 248 Å².